The molecule has 0 aliphatic carbocycles. The summed E-state index contributed by atoms with van der Waals surface area (Å²) in [4.78, 5) is 25.8. The van der Waals surface area contributed by atoms with E-state index in [2.05, 4.69) is 31.6 Å². The van der Waals surface area contributed by atoms with Crippen molar-refractivity contribution in [2.75, 3.05) is 44.6 Å². The van der Waals surface area contributed by atoms with Gasteiger partial charge in [-0.1, -0.05) is 11.6 Å². The molecule has 1 aliphatic heterocycles. The van der Waals surface area contributed by atoms with E-state index in [-0.39, 0.29) is 6.03 Å². The van der Waals surface area contributed by atoms with E-state index >= 15 is 0 Å². The summed E-state index contributed by atoms with van der Waals surface area (Å²) >= 11 is 7.58. The largest absolute Gasteiger partial charge is 0.352 e. The van der Waals surface area contributed by atoms with Crippen molar-refractivity contribution in [2.24, 2.45) is 0 Å². The van der Waals surface area contributed by atoms with Crippen LogP contribution < -0.4 is 10.6 Å². The number of aromatic nitrogens is 2. The van der Waals surface area contributed by atoms with Crippen LogP contribution in [0.4, 0.5) is 10.7 Å². The average molecular weight is 381 g/mol. The second-order valence-electron chi connectivity index (χ2n) is 5.70. The number of nitrogens with zero attached hydrogens (tertiary/aromatic N) is 4. The van der Waals surface area contributed by atoms with E-state index in [1.54, 1.807) is 29.8 Å². The number of hydrogen-bond acceptors (Lipinski definition) is 6. The first-order valence-electron chi connectivity index (χ1n) is 8.21. The van der Waals surface area contributed by atoms with E-state index < -0.39 is 0 Å². The van der Waals surface area contributed by atoms with Crippen LogP contribution in [-0.4, -0.2) is 65.1 Å². The first-order chi connectivity index (χ1) is 12.2. The minimum atomic E-state index is -0.0189. The smallest absolute Gasteiger partial charge is 0.317 e. The zero-order valence-electron chi connectivity index (χ0n) is 13.8. The van der Waals surface area contributed by atoms with E-state index in [1.807, 2.05) is 11.0 Å². The van der Waals surface area contributed by atoms with Crippen LogP contribution in [-0.2, 0) is 6.54 Å². The lowest BCUT2D eigenvalue weighted by atomic mass is 10.3. The fourth-order valence-corrected chi connectivity index (χ4v) is 3.74. The van der Waals surface area contributed by atoms with Crippen molar-refractivity contribution < 1.29 is 4.79 Å². The van der Waals surface area contributed by atoms with Crippen LogP contribution in [0.1, 0.15) is 4.88 Å². The fourth-order valence-electron chi connectivity index (χ4n) is 2.61. The van der Waals surface area contributed by atoms with E-state index in [1.165, 1.54) is 4.88 Å². The summed E-state index contributed by atoms with van der Waals surface area (Å²) in [6.07, 6.45) is 3.36. The van der Waals surface area contributed by atoms with Crippen molar-refractivity contribution in [3.8, 4) is 0 Å². The highest BCUT2D eigenvalue weighted by molar-refractivity contribution is 7.16. The minimum Gasteiger partial charge on any atom is -0.352 e. The number of thiophene rings is 1. The normalized spacial score (nSPS) is 15.2. The molecular formula is C16H21ClN6OS. The summed E-state index contributed by atoms with van der Waals surface area (Å²) in [5, 5.41) is 5.99. The molecule has 2 aromatic heterocycles. The fraction of sp³-hybridized carbons (Fsp3) is 0.438. The van der Waals surface area contributed by atoms with Crippen molar-refractivity contribution in [3.05, 3.63) is 39.8 Å². The van der Waals surface area contributed by atoms with Gasteiger partial charge in [0.25, 0.3) is 0 Å². The molecule has 9 heteroatoms. The number of piperazine rings is 1. The van der Waals surface area contributed by atoms with Gasteiger partial charge in [0, 0.05) is 63.1 Å². The van der Waals surface area contributed by atoms with Crippen LogP contribution in [0.15, 0.2) is 30.6 Å². The molecule has 0 saturated carbocycles. The molecule has 1 saturated heterocycles. The average Bonchev–Trinajstić information content (AvgIpc) is 3.05. The van der Waals surface area contributed by atoms with Gasteiger partial charge in [-0.15, -0.1) is 11.3 Å². The standard InChI is InChI=1S/C16H21ClN6OS/c17-14-3-2-13(25-14)12-22-8-10-23(11-9-22)16(24)21-7-6-20-15-18-4-1-5-19-15/h1-5H,6-12H2,(H,21,24)(H,18,19,20). The molecule has 25 heavy (non-hydrogen) atoms. The summed E-state index contributed by atoms with van der Waals surface area (Å²) in [5.41, 5.74) is 0. The Labute approximate surface area is 156 Å². The lowest BCUT2D eigenvalue weighted by molar-refractivity contribution is 0.136. The second kappa shape index (κ2) is 8.98. The van der Waals surface area contributed by atoms with Gasteiger partial charge >= 0.3 is 6.03 Å². The Bertz CT molecular complexity index is 674. The molecule has 0 unspecified atom stereocenters. The number of carbonyl (C=O) groups is 1. The Hall–Kier alpha value is -1.90. The van der Waals surface area contributed by atoms with Crippen molar-refractivity contribution in [1.29, 1.82) is 0 Å². The molecule has 2 amide bonds. The number of rotatable bonds is 6. The Morgan fingerprint density at radius 2 is 1.92 bits per heavy atom. The summed E-state index contributed by atoms with van der Waals surface area (Å²) < 4.78 is 0.822. The highest BCUT2D eigenvalue weighted by Gasteiger charge is 2.21. The number of urea groups is 1. The predicted molar refractivity (Wildman–Crippen MR) is 100 cm³/mol. The van der Waals surface area contributed by atoms with Crippen molar-refractivity contribution in [1.82, 2.24) is 25.1 Å². The minimum absolute atomic E-state index is 0.0189. The molecule has 3 rings (SSSR count). The van der Waals surface area contributed by atoms with E-state index in [9.17, 15) is 4.79 Å². The highest BCUT2D eigenvalue weighted by atomic mass is 35.5. The second-order valence-corrected chi connectivity index (χ2v) is 7.50. The number of halogens is 1. The third kappa shape index (κ3) is 5.55. The highest BCUT2D eigenvalue weighted by Crippen LogP contribution is 2.23. The maximum atomic E-state index is 12.2. The van der Waals surface area contributed by atoms with Gasteiger partial charge in [-0.2, -0.15) is 0 Å². The zero-order chi connectivity index (χ0) is 17.5. The quantitative estimate of drug-likeness (QED) is 0.751. The van der Waals surface area contributed by atoms with Crippen LogP contribution in [0, 0.1) is 0 Å². The van der Waals surface area contributed by atoms with E-state index in [0.717, 1.165) is 37.1 Å². The third-order valence-corrected chi connectivity index (χ3v) is 5.13. The van der Waals surface area contributed by atoms with Gasteiger partial charge in [0.1, 0.15) is 0 Å². The molecule has 0 radical (unpaired) electrons. The summed E-state index contributed by atoms with van der Waals surface area (Å²) in [5.74, 6) is 0.569. The van der Waals surface area contributed by atoms with Gasteiger partial charge in [0.05, 0.1) is 4.34 Å². The molecule has 2 N–H and O–H groups in total. The number of hydrogen-bond donors (Lipinski definition) is 2. The Morgan fingerprint density at radius 1 is 1.16 bits per heavy atom. The molecule has 1 aliphatic rings. The van der Waals surface area contributed by atoms with Crippen LogP contribution in [0.5, 0.6) is 0 Å². The first kappa shape index (κ1) is 17.9. The SMILES string of the molecule is O=C(NCCNc1ncccn1)N1CCN(Cc2ccc(Cl)s2)CC1. The van der Waals surface area contributed by atoms with Gasteiger partial charge in [-0.25, -0.2) is 14.8 Å². The predicted octanol–water partition coefficient (Wildman–Crippen LogP) is 2.13. The summed E-state index contributed by atoms with van der Waals surface area (Å²) in [7, 11) is 0. The monoisotopic (exact) mass is 380 g/mol. The number of amides is 2. The molecule has 0 bridgehead atoms. The summed E-state index contributed by atoms with van der Waals surface area (Å²) in [6.45, 7) is 5.24. The van der Waals surface area contributed by atoms with Crippen molar-refractivity contribution in [3.63, 3.8) is 0 Å². The molecule has 134 valence electrons. The lowest BCUT2D eigenvalue weighted by Gasteiger charge is -2.34. The molecule has 2 aromatic rings. The summed E-state index contributed by atoms with van der Waals surface area (Å²) in [6, 6.07) is 5.74. The molecule has 7 nitrogen and oxygen atoms in total. The van der Waals surface area contributed by atoms with E-state index in [4.69, 9.17) is 11.6 Å². The number of anilines is 1. The molecular weight excluding hydrogens is 360 g/mol. The van der Waals surface area contributed by atoms with Crippen LogP contribution in [0.3, 0.4) is 0 Å². The van der Waals surface area contributed by atoms with Crippen LogP contribution in [0.25, 0.3) is 0 Å². The number of carbonyl (C=O) groups excluding carboxylic acids is 1. The third-order valence-electron chi connectivity index (χ3n) is 3.92. The topological polar surface area (TPSA) is 73.4 Å². The zero-order valence-corrected chi connectivity index (χ0v) is 15.4. The van der Waals surface area contributed by atoms with Crippen LogP contribution in [0.2, 0.25) is 4.34 Å². The Morgan fingerprint density at radius 3 is 2.60 bits per heavy atom. The molecule has 0 atom stereocenters. The van der Waals surface area contributed by atoms with Gasteiger partial charge in [0.15, 0.2) is 0 Å². The first-order valence-corrected chi connectivity index (χ1v) is 9.40. The lowest BCUT2D eigenvalue weighted by Crippen LogP contribution is -2.51. The van der Waals surface area contributed by atoms with Gasteiger partial charge < -0.3 is 15.5 Å². The van der Waals surface area contributed by atoms with Gasteiger partial charge in [-0.05, 0) is 18.2 Å². The van der Waals surface area contributed by atoms with Crippen molar-refractivity contribution in [2.45, 2.75) is 6.54 Å². The Kier molecular flexibility index (Phi) is 6.43. The maximum Gasteiger partial charge on any atom is 0.317 e. The number of nitrogens with one attached hydrogen (secondary N) is 2. The molecule has 0 spiro atoms. The molecule has 1 fully saturated rings. The van der Waals surface area contributed by atoms with E-state index in [0.29, 0.717) is 19.0 Å². The maximum absolute atomic E-state index is 12.2. The van der Waals surface area contributed by atoms with Crippen molar-refractivity contribution >= 4 is 34.9 Å². The van der Waals surface area contributed by atoms with Crippen LogP contribution >= 0.6 is 22.9 Å². The van der Waals surface area contributed by atoms with Gasteiger partial charge in [0.2, 0.25) is 5.95 Å². The van der Waals surface area contributed by atoms with Gasteiger partial charge in [-0.3, -0.25) is 4.90 Å². The molecule has 0 aromatic carbocycles. The molecule has 3 heterocycles. The Balaban J connectivity index is 1.32.